The van der Waals surface area contributed by atoms with E-state index in [4.69, 9.17) is 5.10 Å². The van der Waals surface area contributed by atoms with E-state index in [9.17, 15) is 8.42 Å². The minimum atomic E-state index is -3.61. The van der Waals surface area contributed by atoms with Crippen LogP contribution in [-0.4, -0.2) is 34.6 Å². The topological polar surface area (TPSA) is 55.2 Å². The number of hydrogen-bond donors (Lipinski definition) is 0. The largest absolute Gasteiger partial charge is 0.268 e. The van der Waals surface area contributed by atoms with Crippen molar-refractivity contribution < 1.29 is 8.42 Å². The third kappa shape index (κ3) is 4.32. The molecule has 0 amide bonds. The van der Waals surface area contributed by atoms with Gasteiger partial charge in [0.05, 0.1) is 4.88 Å². The maximum Gasteiger partial charge on any atom is 0.247 e. The van der Waals surface area contributed by atoms with E-state index >= 15 is 0 Å². The summed E-state index contributed by atoms with van der Waals surface area (Å²) in [6.07, 6.45) is 12.7. The maximum atomic E-state index is 14.2. The van der Waals surface area contributed by atoms with Crippen LogP contribution in [0.3, 0.4) is 0 Å². The lowest BCUT2D eigenvalue weighted by Crippen LogP contribution is -2.48. The standard InChI is InChI=1S/C22H33N3O2S2/c1-17(2)24-16-21(22(23-24)20-14-9-15-28-20)29(26,27)25(18-10-5-3-6-11-18)19-12-7-4-8-13-19/h9,14-19H,3-8,10-13H2,1-2H3. The van der Waals surface area contributed by atoms with Crippen LogP contribution in [0.5, 0.6) is 0 Å². The molecule has 2 fully saturated rings. The van der Waals surface area contributed by atoms with Gasteiger partial charge in [0.1, 0.15) is 10.6 Å². The van der Waals surface area contributed by atoms with Gasteiger partial charge in [-0.25, -0.2) is 8.42 Å². The first-order chi connectivity index (χ1) is 14.0. The molecule has 0 atom stereocenters. The Labute approximate surface area is 179 Å². The summed E-state index contributed by atoms with van der Waals surface area (Å²) in [4.78, 5) is 1.32. The summed E-state index contributed by atoms with van der Waals surface area (Å²) in [5.41, 5.74) is 0.616. The lowest BCUT2D eigenvalue weighted by atomic mass is 9.91. The molecule has 0 saturated heterocycles. The van der Waals surface area contributed by atoms with Gasteiger partial charge in [0.2, 0.25) is 10.0 Å². The lowest BCUT2D eigenvalue weighted by Gasteiger charge is -2.40. The molecule has 160 valence electrons. The van der Waals surface area contributed by atoms with E-state index in [2.05, 4.69) is 0 Å². The first-order valence-corrected chi connectivity index (χ1v) is 13.5. The van der Waals surface area contributed by atoms with Crippen LogP contribution in [0.4, 0.5) is 0 Å². The van der Waals surface area contributed by atoms with Crippen molar-refractivity contribution in [2.75, 3.05) is 0 Å². The number of sulfonamides is 1. The Kier molecular flexibility index (Phi) is 6.47. The van der Waals surface area contributed by atoms with Gasteiger partial charge in [-0.3, -0.25) is 4.68 Å². The molecule has 0 radical (unpaired) electrons. The second kappa shape index (κ2) is 8.90. The van der Waals surface area contributed by atoms with E-state index in [0.717, 1.165) is 56.2 Å². The molecule has 0 aliphatic heterocycles. The van der Waals surface area contributed by atoms with Crippen LogP contribution in [0.25, 0.3) is 10.6 Å². The van der Waals surface area contributed by atoms with Gasteiger partial charge < -0.3 is 0 Å². The first kappa shape index (κ1) is 21.1. The van der Waals surface area contributed by atoms with E-state index < -0.39 is 10.0 Å². The molecule has 2 aromatic rings. The molecule has 7 heteroatoms. The second-order valence-electron chi connectivity index (χ2n) is 8.81. The molecule has 2 aliphatic carbocycles. The minimum Gasteiger partial charge on any atom is -0.268 e. The molecule has 0 spiro atoms. The van der Waals surface area contributed by atoms with Crippen molar-refractivity contribution in [3.05, 3.63) is 23.7 Å². The number of rotatable bonds is 6. The monoisotopic (exact) mass is 435 g/mol. The van der Waals surface area contributed by atoms with Crippen LogP contribution in [0.2, 0.25) is 0 Å². The highest BCUT2D eigenvalue weighted by molar-refractivity contribution is 7.89. The van der Waals surface area contributed by atoms with Crippen LogP contribution in [0.15, 0.2) is 28.6 Å². The molecule has 29 heavy (non-hydrogen) atoms. The fraction of sp³-hybridized carbons (Fsp3) is 0.682. The molecule has 0 unspecified atom stereocenters. The summed E-state index contributed by atoms with van der Waals surface area (Å²) in [5, 5.41) is 6.70. The maximum absolute atomic E-state index is 14.2. The fourth-order valence-corrected chi connectivity index (χ4v) is 7.75. The predicted octanol–water partition coefficient (Wildman–Crippen LogP) is 5.85. The zero-order chi connectivity index (χ0) is 20.4. The Balaban J connectivity index is 1.79. The summed E-state index contributed by atoms with van der Waals surface area (Å²) in [7, 11) is -3.61. The van der Waals surface area contributed by atoms with Gasteiger partial charge in [0, 0.05) is 24.3 Å². The highest BCUT2D eigenvalue weighted by Gasteiger charge is 2.40. The minimum absolute atomic E-state index is 0.121. The average molecular weight is 436 g/mol. The van der Waals surface area contributed by atoms with Crippen molar-refractivity contribution in [1.82, 2.24) is 14.1 Å². The lowest BCUT2D eigenvalue weighted by molar-refractivity contribution is 0.170. The molecule has 2 aliphatic rings. The predicted molar refractivity (Wildman–Crippen MR) is 119 cm³/mol. The van der Waals surface area contributed by atoms with Crippen molar-refractivity contribution in [2.24, 2.45) is 0 Å². The Bertz CT molecular complexity index is 873. The third-order valence-corrected chi connectivity index (χ3v) is 9.29. The smallest absolute Gasteiger partial charge is 0.247 e. The third-order valence-electron chi connectivity index (χ3n) is 6.41. The summed E-state index contributed by atoms with van der Waals surface area (Å²) in [5.74, 6) is 0. The number of hydrogen-bond acceptors (Lipinski definition) is 4. The van der Waals surface area contributed by atoms with Crippen molar-refractivity contribution >= 4 is 21.4 Å². The molecule has 5 nitrogen and oxygen atoms in total. The SMILES string of the molecule is CC(C)n1cc(S(=O)(=O)N(C2CCCCC2)C2CCCCC2)c(-c2cccs2)n1. The summed E-state index contributed by atoms with van der Waals surface area (Å²) >= 11 is 1.56. The van der Waals surface area contributed by atoms with E-state index in [-0.39, 0.29) is 18.1 Å². The molecule has 0 bridgehead atoms. The summed E-state index contributed by atoms with van der Waals surface area (Å²) < 4.78 is 32.1. The summed E-state index contributed by atoms with van der Waals surface area (Å²) in [6, 6.07) is 4.33. The van der Waals surface area contributed by atoms with Gasteiger partial charge in [-0.05, 0) is 51.0 Å². The fourth-order valence-electron chi connectivity index (χ4n) is 4.89. The van der Waals surface area contributed by atoms with Crippen LogP contribution < -0.4 is 0 Å². The van der Waals surface area contributed by atoms with Crippen molar-refractivity contribution in [3.8, 4) is 10.6 Å². The van der Waals surface area contributed by atoms with Gasteiger partial charge in [-0.2, -0.15) is 9.40 Å². The Morgan fingerprint density at radius 3 is 2.10 bits per heavy atom. The van der Waals surface area contributed by atoms with Crippen molar-refractivity contribution in [1.29, 1.82) is 0 Å². The van der Waals surface area contributed by atoms with Gasteiger partial charge in [0.15, 0.2) is 0 Å². The first-order valence-electron chi connectivity index (χ1n) is 11.1. The van der Waals surface area contributed by atoms with Gasteiger partial charge in [-0.15, -0.1) is 11.3 Å². The zero-order valence-electron chi connectivity index (χ0n) is 17.6. The van der Waals surface area contributed by atoms with Gasteiger partial charge in [0.25, 0.3) is 0 Å². The van der Waals surface area contributed by atoms with E-state index in [1.54, 1.807) is 17.5 Å². The van der Waals surface area contributed by atoms with Crippen LogP contribution in [0.1, 0.15) is 84.1 Å². The molecule has 2 heterocycles. The zero-order valence-corrected chi connectivity index (χ0v) is 19.2. The van der Waals surface area contributed by atoms with Gasteiger partial charge in [-0.1, -0.05) is 44.6 Å². The van der Waals surface area contributed by atoms with Crippen molar-refractivity contribution in [3.63, 3.8) is 0 Å². The number of nitrogens with zero attached hydrogens (tertiary/aromatic N) is 3. The van der Waals surface area contributed by atoms with E-state index in [1.165, 1.54) is 12.8 Å². The number of aromatic nitrogens is 2. The molecule has 4 rings (SSSR count). The average Bonchev–Trinajstić information content (AvgIpc) is 3.40. The van der Waals surface area contributed by atoms with Crippen molar-refractivity contribution in [2.45, 2.75) is 101 Å². The molecular formula is C22H33N3O2S2. The molecule has 2 aromatic heterocycles. The Morgan fingerprint density at radius 2 is 1.62 bits per heavy atom. The van der Waals surface area contributed by atoms with Crippen LogP contribution in [-0.2, 0) is 10.0 Å². The van der Waals surface area contributed by atoms with Crippen LogP contribution >= 0.6 is 11.3 Å². The highest BCUT2D eigenvalue weighted by atomic mass is 32.2. The molecule has 2 saturated carbocycles. The Hall–Kier alpha value is -1.18. The molecule has 0 aromatic carbocycles. The van der Waals surface area contributed by atoms with E-state index in [0.29, 0.717) is 10.6 Å². The van der Waals surface area contributed by atoms with E-state index in [1.807, 2.05) is 40.3 Å². The molecule has 0 N–H and O–H groups in total. The normalized spacial score (nSPS) is 20.0. The summed E-state index contributed by atoms with van der Waals surface area (Å²) in [6.45, 7) is 4.09. The second-order valence-corrected chi connectivity index (χ2v) is 11.6. The van der Waals surface area contributed by atoms with Crippen LogP contribution in [0, 0.1) is 0 Å². The van der Waals surface area contributed by atoms with Gasteiger partial charge >= 0.3 is 0 Å². The number of thiophene rings is 1. The Morgan fingerprint density at radius 1 is 1.03 bits per heavy atom. The molecular weight excluding hydrogens is 402 g/mol. The highest BCUT2D eigenvalue weighted by Crippen LogP contribution is 2.38. The quantitative estimate of drug-likeness (QED) is 0.572.